The van der Waals surface area contributed by atoms with Crippen molar-refractivity contribution >= 4 is 5.91 Å². The number of aromatic nitrogens is 2. The summed E-state index contributed by atoms with van der Waals surface area (Å²) in [5.41, 5.74) is 0. The van der Waals surface area contributed by atoms with E-state index >= 15 is 0 Å². The Balaban J connectivity index is 1.83. The van der Waals surface area contributed by atoms with Gasteiger partial charge in [0.1, 0.15) is 0 Å². The summed E-state index contributed by atoms with van der Waals surface area (Å²) in [4.78, 5) is 19.9. The summed E-state index contributed by atoms with van der Waals surface area (Å²) in [6.07, 6.45) is 5.01. The summed E-state index contributed by atoms with van der Waals surface area (Å²) >= 11 is 0. The summed E-state index contributed by atoms with van der Waals surface area (Å²) in [6, 6.07) is -0.0698. The fourth-order valence-corrected chi connectivity index (χ4v) is 4.00. The summed E-state index contributed by atoms with van der Waals surface area (Å²) in [6.45, 7) is 9.79. The molecule has 3 rings (SSSR count). The van der Waals surface area contributed by atoms with Crippen molar-refractivity contribution < 1.29 is 14.1 Å². The lowest BCUT2D eigenvalue weighted by Gasteiger charge is -2.32. The largest absolute Gasteiger partial charge is 0.377 e. The Morgan fingerprint density at radius 3 is 2.64 bits per heavy atom. The first-order valence-electron chi connectivity index (χ1n) is 9.74. The van der Waals surface area contributed by atoms with Crippen LogP contribution in [0.15, 0.2) is 4.52 Å². The van der Waals surface area contributed by atoms with Crippen molar-refractivity contribution in [1.82, 2.24) is 15.0 Å². The Morgan fingerprint density at radius 2 is 1.96 bits per heavy atom. The Hall–Kier alpha value is -1.43. The zero-order valence-corrected chi connectivity index (χ0v) is 15.9. The number of carbonyl (C=O) groups excluding carboxylic acids is 1. The van der Waals surface area contributed by atoms with Crippen LogP contribution in [0.3, 0.4) is 0 Å². The van der Waals surface area contributed by atoms with E-state index in [0.717, 1.165) is 38.6 Å². The first kappa shape index (κ1) is 18.4. The maximum absolute atomic E-state index is 13.4. The summed E-state index contributed by atoms with van der Waals surface area (Å²) in [5.74, 6) is 2.02. The molecule has 1 amide bonds. The van der Waals surface area contributed by atoms with Gasteiger partial charge in [-0.15, -0.1) is 0 Å². The zero-order chi connectivity index (χ0) is 18.0. The second kappa shape index (κ2) is 7.85. The summed E-state index contributed by atoms with van der Waals surface area (Å²) in [7, 11) is 0. The molecule has 0 aliphatic carbocycles. The standard InChI is InChI=1S/C19H31N3O3/c1-12(2)16-14(9-11-24-16)19(23)22-10-7-5-6-8-15(22)17-20-18(13(3)4)25-21-17/h12-16H,5-11H2,1-4H3. The van der Waals surface area contributed by atoms with Crippen LogP contribution in [0.5, 0.6) is 0 Å². The second-order valence-corrected chi connectivity index (χ2v) is 8.02. The van der Waals surface area contributed by atoms with Crippen LogP contribution in [-0.4, -0.2) is 40.2 Å². The molecule has 2 aliphatic heterocycles. The predicted octanol–water partition coefficient (Wildman–Crippen LogP) is 3.70. The highest BCUT2D eigenvalue weighted by molar-refractivity contribution is 5.80. The van der Waals surface area contributed by atoms with E-state index in [0.29, 0.717) is 24.2 Å². The van der Waals surface area contributed by atoms with Gasteiger partial charge in [0, 0.05) is 19.1 Å². The number of hydrogen-bond acceptors (Lipinski definition) is 5. The van der Waals surface area contributed by atoms with E-state index in [9.17, 15) is 4.79 Å². The molecular formula is C19H31N3O3. The molecule has 3 unspecified atom stereocenters. The highest BCUT2D eigenvalue weighted by atomic mass is 16.5. The molecule has 1 aromatic rings. The first-order chi connectivity index (χ1) is 12.0. The van der Waals surface area contributed by atoms with E-state index < -0.39 is 0 Å². The molecule has 3 heterocycles. The molecule has 140 valence electrons. The van der Waals surface area contributed by atoms with Crippen LogP contribution in [0, 0.1) is 11.8 Å². The predicted molar refractivity (Wildman–Crippen MR) is 94.0 cm³/mol. The minimum absolute atomic E-state index is 0.0212. The zero-order valence-electron chi connectivity index (χ0n) is 15.9. The minimum atomic E-state index is -0.0698. The molecule has 0 aromatic carbocycles. The molecule has 0 saturated carbocycles. The average molecular weight is 349 g/mol. The molecule has 6 heteroatoms. The van der Waals surface area contributed by atoms with Crippen LogP contribution in [0.2, 0.25) is 0 Å². The lowest BCUT2D eigenvalue weighted by atomic mass is 9.91. The summed E-state index contributed by atoms with van der Waals surface area (Å²) < 4.78 is 11.3. The molecule has 6 nitrogen and oxygen atoms in total. The van der Waals surface area contributed by atoms with Crippen molar-refractivity contribution in [3.05, 3.63) is 11.7 Å². The van der Waals surface area contributed by atoms with Gasteiger partial charge in [-0.1, -0.05) is 45.7 Å². The van der Waals surface area contributed by atoms with Crippen LogP contribution in [0.4, 0.5) is 0 Å². The Bertz CT molecular complexity index is 584. The van der Waals surface area contributed by atoms with Gasteiger partial charge in [-0.2, -0.15) is 4.98 Å². The highest BCUT2D eigenvalue weighted by Crippen LogP contribution is 2.35. The lowest BCUT2D eigenvalue weighted by molar-refractivity contribution is -0.140. The van der Waals surface area contributed by atoms with E-state index in [1.54, 1.807) is 0 Å². The van der Waals surface area contributed by atoms with Gasteiger partial charge in [-0.25, -0.2) is 0 Å². The maximum atomic E-state index is 13.4. The maximum Gasteiger partial charge on any atom is 0.229 e. The average Bonchev–Trinajstić information content (AvgIpc) is 3.19. The number of likely N-dealkylation sites (tertiary alicyclic amines) is 1. The van der Waals surface area contributed by atoms with Gasteiger partial charge in [0.2, 0.25) is 11.8 Å². The molecule has 1 aromatic heterocycles. The second-order valence-electron chi connectivity index (χ2n) is 8.02. The molecular weight excluding hydrogens is 318 g/mol. The number of hydrogen-bond donors (Lipinski definition) is 0. The van der Waals surface area contributed by atoms with Crippen LogP contribution in [0.1, 0.15) is 83.5 Å². The normalized spacial score (nSPS) is 27.9. The van der Waals surface area contributed by atoms with E-state index in [4.69, 9.17) is 9.26 Å². The molecule has 25 heavy (non-hydrogen) atoms. The fraction of sp³-hybridized carbons (Fsp3) is 0.842. The first-order valence-corrected chi connectivity index (χ1v) is 9.74. The van der Waals surface area contributed by atoms with Crippen molar-refractivity contribution in [2.45, 2.75) is 77.9 Å². The monoisotopic (exact) mass is 349 g/mol. The molecule has 0 bridgehead atoms. The van der Waals surface area contributed by atoms with Gasteiger partial charge in [0.25, 0.3) is 0 Å². The van der Waals surface area contributed by atoms with Gasteiger partial charge in [-0.05, 0) is 25.2 Å². The van der Waals surface area contributed by atoms with Crippen LogP contribution < -0.4 is 0 Å². The fourth-order valence-electron chi connectivity index (χ4n) is 4.00. The van der Waals surface area contributed by atoms with Gasteiger partial charge in [0.05, 0.1) is 18.1 Å². The topological polar surface area (TPSA) is 68.5 Å². The molecule has 3 atom stereocenters. The Labute approximate surface area is 150 Å². The quantitative estimate of drug-likeness (QED) is 0.829. The number of rotatable bonds is 4. The molecule has 0 spiro atoms. The van der Waals surface area contributed by atoms with Gasteiger partial charge in [0.15, 0.2) is 5.82 Å². The van der Waals surface area contributed by atoms with Crippen molar-refractivity contribution in [3.8, 4) is 0 Å². The Kier molecular flexibility index (Phi) is 5.77. The van der Waals surface area contributed by atoms with Crippen LogP contribution in [-0.2, 0) is 9.53 Å². The minimum Gasteiger partial charge on any atom is -0.377 e. The van der Waals surface area contributed by atoms with Crippen LogP contribution in [0.25, 0.3) is 0 Å². The van der Waals surface area contributed by atoms with Crippen molar-refractivity contribution in [3.63, 3.8) is 0 Å². The number of nitrogens with zero attached hydrogens (tertiary/aromatic N) is 3. The van der Waals surface area contributed by atoms with Gasteiger partial charge >= 0.3 is 0 Å². The molecule has 2 saturated heterocycles. The van der Waals surface area contributed by atoms with Crippen molar-refractivity contribution in [2.75, 3.05) is 13.2 Å². The third-order valence-corrected chi connectivity index (χ3v) is 5.40. The molecule has 0 radical (unpaired) electrons. The molecule has 2 aliphatic rings. The van der Waals surface area contributed by atoms with Crippen molar-refractivity contribution in [2.24, 2.45) is 11.8 Å². The van der Waals surface area contributed by atoms with E-state index in [1.807, 2.05) is 18.7 Å². The number of carbonyl (C=O) groups is 1. The smallest absolute Gasteiger partial charge is 0.229 e. The number of ether oxygens (including phenoxy) is 1. The van der Waals surface area contributed by atoms with E-state index in [2.05, 4.69) is 24.0 Å². The Morgan fingerprint density at radius 1 is 1.16 bits per heavy atom. The third kappa shape index (κ3) is 3.89. The lowest BCUT2D eigenvalue weighted by Crippen LogP contribution is -2.43. The number of amides is 1. The van der Waals surface area contributed by atoms with Gasteiger partial charge < -0.3 is 14.2 Å². The van der Waals surface area contributed by atoms with E-state index in [-0.39, 0.29) is 29.9 Å². The van der Waals surface area contributed by atoms with Crippen molar-refractivity contribution in [1.29, 1.82) is 0 Å². The third-order valence-electron chi connectivity index (χ3n) is 5.40. The summed E-state index contributed by atoms with van der Waals surface area (Å²) in [5, 5.41) is 4.20. The van der Waals surface area contributed by atoms with Crippen LogP contribution >= 0.6 is 0 Å². The molecule has 0 N–H and O–H groups in total. The van der Waals surface area contributed by atoms with E-state index in [1.165, 1.54) is 0 Å². The molecule has 2 fully saturated rings. The SMILES string of the molecule is CC(C)c1nc(C2CCCCCN2C(=O)C2CCOC2C(C)C)no1. The van der Waals surface area contributed by atoms with Gasteiger partial charge in [-0.3, -0.25) is 4.79 Å². The highest BCUT2D eigenvalue weighted by Gasteiger charge is 2.41.